The van der Waals surface area contributed by atoms with Crippen LogP contribution in [0.15, 0.2) is 66.7 Å². The SMILES string of the molecule is CCCCN(C(=O)CN1C[C@H](c2ccc3c(c2)OCO3)[C@H](C(=O)O)[C@H]1c1ccc(OC)cc1)c1cccc(C[N+](C)(C)C)c1. The van der Waals surface area contributed by atoms with Gasteiger partial charge in [-0.05, 0) is 53.9 Å². The number of fused-ring (bicyclic) bond motifs is 1. The number of likely N-dealkylation sites (tertiary alicyclic amines) is 1. The van der Waals surface area contributed by atoms with Crippen LogP contribution in [0.5, 0.6) is 17.2 Å². The zero-order valence-corrected chi connectivity index (χ0v) is 26.4. The van der Waals surface area contributed by atoms with Gasteiger partial charge < -0.3 is 28.7 Å². The Kier molecular flexibility index (Phi) is 9.46. The van der Waals surface area contributed by atoms with Crippen molar-refractivity contribution in [3.05, 3.63) is 83.4 Å². The third-order valence-corrected chi connectivity index (χ3v) is 8.42. The first-order chi connectivity index (χ1) is 21.1. The fourth-order valence-corrected chi connectivity index (χ4v) is 6.42. The first-order valence-electron chi connectivity index (χ1n) is 15.3. The summed E-state index contributed by atoms with van der Waals surface area (Å²) in [6, 6.07) is 20.8. The minimum Gasteiger partial charge on any atom is -0.497 e. The third kappa shape index (κ3) is 7.00. The van der Waals surface area contributed by atoms with Crippen molar-refractivity contribution in [1.29, 1.82) is 0 Å². The molecule has 2 heterocycles. The van der Waals surface area contributed by atoms with Crippen LogP contribution in [0.2, 0.25) is 0 Å². The number of carbonyl (C=O) groups excluding carboxylic acids is 1. The summed E-state index contributed by atoms with van der Waals surface area (Å²) in [5.41, 5.74) is 3.72. The number of nitrogens with zero attached hydrogens (tertiary/aromatic N) is 3. The van der Waals surface area contributed by atoms with E-state index in [0.29, 0.717) is 30.3 Å². The number of hydrogen-bond donors (Lipinski definition) is 1. The lowest BCUT2D eigenvalue weighted by molar-refractivity contribution is -0.884. The van der Waals surface area contributed by atoms with Gasteiger partial charge in [-0.15, -0.1) is 0 Å². The number of anilines is 1. The number of carbonyl (C=O) groups is 2. The number of quaternary nitrogens is 1. The molecule has 3 aromatic rings. The minimum atomic E-state index is -0.903. The molecule has 2 aliphatic rings. The van der Waals surface area contributed by atoms with Gasteiger partial charge in [-0.3, -0.25) is 14.5 Å². The number of unbranched alkanes of at least 4 members (excludes halogenated alkanes) is 1. The van der Waals surface area contributed by atoms with E-state index in [-0.39, 0.29) is 25.2 Å². The predicted octanol–water partition coefficient (Wildman–Crippen LogP) is 5.30. The zero-order chi connectivity index (χ0) is 31.4. The molecular weight excluding hydrogens is 558 g/mol. The van der Waals surface area contributed by atoms with Crippen LogP contribution >= 0.6 is 0 Å². The average Bonchev–Trinajstić information content (AvgIpc) is 3.61. The van der Waals surface area contributed by atoms with Gasteiger partial charge >= 0.3 is 5.97 Å². The van der Waals surface area contributed by atoms with Crippen LogP contribution < -0.4 is 19.1 Å². The molecule has 0 saturated carbocycles. The first-order valence-corrected chi connectivity index (χ1v) is 15.3. The van der Waals surface area contributed by atoms with Crippen molar-refractivity contribution in [2.45, 2.75) is 38.3 Å². The highest BCUT2D eigenvalue weighted by atomic mass is 16.7. The van der Waals surface area contributed by atoms with Crippen LogP contribution in [0.4, 0.5) is 5.69 Å². The summed E-state index contributed by atoms with van der Waals surface area (Å²) in [5, 5.41) is 10.6. The number of hydrogen-bond acceptors (Lipinski definition) is 6. The lowest BCUT2D eigenvalue weighted by atomic mass is 9.82. The number of aliphatic carboxylic acids is 1. The molecule has 0 aliphatic carbocycles. The van der Waals surface area contributed by atoms with Gasteiger partial charge in [0, 0.05) is 36.3 Å². The van der Waals surface area contributed by atoms with Crippen molar-refractivity contribution in [3.63, 3.8) is 0 Å². The first kappa shape index (κ1) is 31.3. The highest BCUT2D eigenvalue weighted by Crippen LogP contribution is 2.48. The standard InChI is InChI=1S/C35H43N3O6/c1-6-7-17-37(27-10-8-9-24(18-27)22-38(2,3)4)32(39)21-36-20-29(26-13-16-30-31(19-26)44-23-43-30)33(35(40)41)34(36)25-11-14-28(42-5)15-12-25/h8-16,18-19,29,33-34H,6-7,17,20-23H2,1-5H3/p+1/t29-,33+,34-/m1/s1. The molecular formula is C35H44N3O6+. The summed E-state index contributed by atoms with van der Waals surface area (Å²) in [7, 11) is 8.05. The maximum atomic E-state index is 14.2. The average molecular weight is 603 g/mol. The molecule has 1 fully saturated rings. The van der Waals surface area contributed by atoms with E-state index < -0.39 is 17.9 Å². The summed E-state index contributed by atoms with van der Waals surface area (Å²) in [5.74, 6) is -0.146. The molecule has 1 N–H and O–H groups in total. The monoisotopic (exact) mass is 602 g/mol. The Labute approximate surface area is 260 Å². The molecule has 0 unspecified atom stereocenters. The fourth-order valence-electron chi connectivity index (χ4n) is 6.42. The summed E-state index contributed by atoms with van der Waals surface area (Å²) >= 11 is 0. The normalized spacial score (nSPS) is 19.6. The van der Waals surface area contributed by atoms with Crippen molar-refractivity contribution in [3.8, 4) is 17.2 Å². The highest BCUT2D eigenvalue weighted by Gasteiger charge is 2.48. The van der Waals surface area contributed by atoms with Gasteiger partial charge in [-0.25, -0.2) is 0 Å². The highest BCUT2D eigenvalue weighted by molar-refractivity contribution is 5.95. The summed E-state index contributed by atoms with van der Waals surface area (Å²) in [4.78, 5) is 31.1. The maximum Gasteiger partial charge on any atom is 0.309 e. The molecule has 3 atom stereocenters. The summed E-state index contributed by atoms with van der Waals surface area (Å²) in [6.07, 6.45) is 1.82. The Bertz CT molecular complexity index is 1470. The Morgan fingerprint density at radius 1 is 1.00 bits per heavy atom. The number of amides is 1. The largest absolute Gasteiger partial charge is 0.497 e. The van der Waals surface area contributed by atoms with Gasteiger partial charge in [0.1, 0.15) is 12.3 Å². The van der Waals surface area contributed by atoms with Crippen molar-refractivity contribution in [2.24, 2.45) is 5.92 Å². The number of carboxylic acids is 1. The number of rotatable bonds is 12. The van der Waals surface area contributed by atoms with Crippen molar-refractivity contribution < 1.29 is 33.4 Å². The molecule has 9 nitrogen and oxygen atoms in total. The van der Waals surface area contributed by atoms with Gasteiger partial charge in [0.25, 0.3) is 0 Å². The van der Waals surface area contributed by atoms with Crippen molar-refractivity contribution in [1.82, 2.24) is 4.90 Å². The van der Waals surface area contributed by atoms with Crippen LogP contribution in [0.25, 0.3) is 0 Å². The Morgan fingerprint density at radius 2 is 1.73 bits per heavy atom. The number of ether oxygens (including phenoxy) is 3. The van der Waals surface area contributed by atoms with E-state index in [0.717, 1.165) is 46.2 Å². The number of benzene rings is 3. The molecule has 1 amide bonds. The van der Waals surface area contributed by atoms with Crippen molar-refractivity contribution >= 4 is 17.6 Å². The Hall–Kier alpha value is -4.08. The van der Waals surface area contributed by atoms with Crippen LogP contribution in [0, 0.1) is 5.92 Å². The topological polar surface area (TPSA) is 88.5 Å². The number of carboxylic acid groups (broad SMARTS) is 1. The molecule has 0 radical (unpaired) electrons. The van der Waals surface area contributed by atoms with E-state index in [1.165, 1.54) is 0 Å². The van der Waals surface area contributed by atoms with E-state index in [1.54, 1.807) is 7.11 Å². The summed E-state index contributed by atoms with van der Waals surface area (Å²) in [6.45, 7) is 4.19. The second-order valence-electron chi connectivity index (χ2n) is 12.7. The van der Waals surface area contributed by atoms with Crippen LogP contribution in [-0.4, -0.2) is 81.0 Å². The van der Waals surface area contributed by atoms with Crippen LogP contribution in [-0.2, 0) is 16.1 Å². The zero-order valence-electron chi connectivity index (χ0n) is 26.4. The molecule has 0 spiro atoms. The molecule has 5 rings (SSSR count). The lowest BCUT2D eigenvalue weighted by Crippen LogP contribution is -2.41. The Morgan fingerprint density at radius 3 is 2.41 bits per heavy atom. The minimum absolute atomic E-state index is 0.0464. The molecule has 9 heteroatoms. The van der Waals surface area contributed by atoms with E-state index >= 15 is 0 Å². The lowest BCUT2D eigenvalue weighted by Gasteiger charge is -2.30. The molecule has 0 aromatic heterocycles. The van der Waals surface area contributed by atoms with Gasteiger partial charge in [-0.1, -0.05) is 43.7 Å². The molecule has 44 heavy (non-hydrogen) atoms. The van der Waals surface area contributed by atoms with Crippen molar-refractivity contribution in [2.75, 3.05) is 59.6 Å². The molecule has 3 aromatic carbocycles. The number of methoxy groups -OCH3 is 1. The molecule has 1 saturated heterocycles. The predicted molar refractivity (Wildman–Crippen MR) is 169 cm³/mol. The Balaban J connectivity index is 1.49. The third-order valence-electron chi connectivity index (χ3n) is 8.42. The molecule has 2 aliphatic heterocycles. The van der Waals surface area contributed by atoms with Gasteiger partial charge in [-0.2, -0.15) is 0 Å². The van der Waals surface area contributed by atoms with E-state index in [2.05, 4.69) is 40.2 Å². The molecule has 0 bridgehead atoms. The van der Waals surface area contributed by atoms with Gasteiger partial charge in [0.15, 0.2) is 11.5 Å². The van der Waals surface area contributed by atoms with E-state index in [9.17, 15) is 14.7 Å². The smallest absolute Gasteiger partial charge is 0.309 e. The summed E-state index contributed by atoms with van der Waals surface area (Å²) < 4.78 is 17.3. The fraction of sp³-hybridized carbons (Fsp3) is 0.429. The van der Waals surface area contributed by atoms with E-state index in [4.69, 9.17) is 14.2 Å². The van der Waals surface area contributed by atoms with Gasteiger partial charge in [0.2, 0.25) is 12.7 Å². The quantitative estimate of drug-likeness (QED) is 0.281. The maximum absolute atomic E-state index is 14.2. The molecule has 234 valence electrons. The van der Waals surface area contributed by atoms with E-state index in [1.807, 2.05) is 64.4 Å². The second-order valence-corrected chi connectivity index (χ2v) is 12.7. The van der Waals surface area contributed by atoms with Crippen LogP contribution in [0.1, 0.15) is 48.4 Å². The second kappa shape index (κ2) is 13.3. The van der Waals surface area contributed by atoms with Crippen LogP contribution in [0.3, 0.4) is 0 Å². The van der Waals surface area contributed by atoms with Gasteiger partial charge in [0.05, 0.1) is 40.7 Å².